The molecule has 2 aliphatic rings. The topological polar surface area (TPSA) is 96.9 Å². The predicted octanol–water partition coefficient (Wildman–Crippen LogP) is 2.02. The molecule has 0 amide bonds. The highest BCUT2D eigenvalue weighted by Crippen LogP contribution is 2.35. The Labute approximate surface area is 177 Å². The maximum atomic E-state index is 13.4. The average Bonchev–Trinajstić information content (AvgIpc) is 2.80. The summed E-state index contributed by atoms with van der Waals surface area (Å²) < 4.78 is 60.4. The summed E-state index contributed by atoms with van der Waals surface area (Å²) in [7, 11) is -7.44. The van der Waals surface area contributed by atoms with Gasteiger partial charge in [-0.25, -0.2) is 16.8 Å². The first-order chi connectivity index (χ1) is 14.4. The minimum atomic E-state index is -3.77. The van der Waals surface area contributed by atoms with Gasteiger partial charge in [0.05, 0.1) is 29.0 Å². The van der Waals surface area contributed by atoms with Gasteiger partial charge in [0.2, 0.25) is 20.0 Å². The van der Waals surface area contributed by atoms with Crippen LogP contribution in [0.1, 0.15) is 30.9 Å². The van der Waals surface area contributed by atoms with E-state index in [9.17, 15) is 16.8 Å². The Bertz CT molecular complexity index is 1070. The summed E-state index contributed by atoms with van der Waals surface area (Å²) in [5.74, 6) is 0. The zero-order valence-electron chi connectivity index (χ0n) is 16.6. The first-order valence-electron chi connectivity index (χ1n) is 10.0. The van der Waals surface area contributed by atoms with Crippen LogP contribution in [-0.2, 0) is 24.8 Å². The molecule has 10 heteroatoms. The number of hydrogen-bond acceptors (Lipinski definition) is 6. The largest absolute Gasteiger partial charge is 0.379 e. The number of rotatable bonds is 5. The summed E-state index contributed by atoms with van der Waals surface area (Å²) in [5, 5.41) is 0. The molecule has 162 valence electrons. The van der Waals surface area contributed by atoms with Crippen LogP contribution < -0.4 is 0 Å². The van der Waals surface area contributed by atoms with Gasteiger partial charge in [-0.05, 0) is 48.7 Å². The van der Waals surface area contributed by atoms with Crippen molar-refractivity contribution in [2.45, 2.75) is 35.1 Å². The van der Waals surface area contributed by atoms with E-state index in [1.165, 1.54) is 32.9 Å². The highest BCUT2D eigenvalue weighted by atomic mass is 32.2. The zero-order chi connectivity index (χ0) is 21.2. The molecule has 0 aliphatic carbocycles. The van der Waals surface area contributed by atoms with Crippen LogP contribution in [0, 0.1) is 0 Å². The lowest BCUT2D eigenvalue weighted by Gasteiger charge is -2.34. The predicted molar refractivity (Wildman–Crippen MR) is 111 cm³/mol. The Hall–Kier alpha value is -1.85. The van der Waals surface area contributed by atoms with Crippen LogP contribution >= 0.6 is 0 Å². The molecule has 4 rings (SSSR count). The number of aromatic nitrogens is 1. The standard InChI is InChI=1S/C20H25N3O5S2/c24-29(25,22-12-14-28-15-13-22)18-6-8-19(9-7-18)30(26,27)23-11-2-1-5-20(23)17-4-3-10-21-16-17/h3-4,6-10,16,20H,1-2,5,11-15H2/t20-/m0/s1. The molecule has 2 aliphatic heterocycles. The van der Waals surface area contributed by atoms with Gasteiger partial charge < -0.3 is 4.74 Å². The molecular weight excluding hydrogens is 426 g/mol. The number of piperidine rings is 1. The van der Waals surface area contributed by atoms with E-state index >= 15 is 0 Å². The van der Waals surface area contributed by atoms with Crippen LogP contribution in [0.4, 0.5) is 0 Å². The molecule has 30 heavy (non-hydrogen) atoms. The van der Waals surface area contributed by atoms with Crippen molar-refractivity contribution in [3.05, 3.63) is 54.4 Å². The van der Waals surface area contributed by atoms with Crippen molar-refractivity contribution < 1.29 is 21.6 Å². The maximum Gasteiger partial charge on any atom is 0.243 e. The highest BCUT2D eigenvalue weighted by molar-refractivity contribution is 7.89. The molecule has 1 atom stereocenters. The van der Waals surface area contributed by atoms with Gasteiger partial charge in [-0.15, -0.1) is 0 Å². The second kappa shape index (κ2) is 8.72. The molecule has 8 nitrogen and oxygen atoms in total. The van der Waals surface area contributed by atoms with Gasteiger partial charge in [-0.2, -0.15) is 8.61 Å². The summed E-state index contributed by atoms with van der Waals surface area (Å²) in [6.07, 6.45) is 5.84. The molecule has 1 aromatic carbocycles. The van der Waals surface area contributed by atoms with Gasteiger partial charge >= 0.3 is 0 Å². The molecule has 2 fully saturated rings. The number of sulfonamides is 2. The van der Waals surface area contributed by atoms with Gasteiger partial charge in [0.25, 0.3) is 0 Å². The minimum Gasteiger partial charge on any atom is -0.379 e. The molecule has 0 N–H and O–H groups in total. The quantitative estimate of drug-likeness (QED) is 0.690. The van der Waals surface area contributed by atoms with E-state index in [1.807, 2.05) is 6.07 Å². The van der Waals surface area contributed by atoms with Crippen LogP contribution in [0.3, 0.4) is 0 Å². The van der Waals surface area contributed by atoms with Crippen LogP contribution in [0.5, 0.6) is 0 Å². The van der Waals surface area contributed by atoms with Crippen molar-refractivity contribution in [3.8, 4) is 0 Å². The maximum absolute atomic E-state index is 13.4. The third-order valence-corrected chi connectivity index (χ3v) is 9.40. The Morgan fingerprint density at radius 2 is 1.53 bits per heavy atom. The lowest BCUT2D eigenvalue weighted by atomic mass is 9.99. The molecule has 0 bridgehead atoms. The molecule has 3 heterocycles. The Morgan fingerprint density at radius 1 is 0.867 bits per heavy atom. The Kier molecular flexibility index (Phi) is 6.21. The van der Waals surface area contributed by atoms with E-state index in [0.29, 0.717) is 32.8 Å². The fourth-order valence-corrected chi connectivity index (χ4v) is 7.04. The zero-order valence-corrected chi connectivity index (χ0v) is 18.2. The SMILES string of the molecule is O=S(=O)(c1ccc(S(=O)(=O)N2CCCC[C@H]2c2cccnc2)cc1)N1CCOCC1. The first-order valence-corrected chi connectivity index (χ1v) is 12.9. The highest BCUT2D eigenvalue weighted by Gasteiger charge is 2.35. The summed E-state index contributed by atoms with van der Waals surface area (Å²) >= 11 is 0. The Balaban J connectivity index is 1.61. The second-order valence-electron chi connectivity index (χ2n) is 7.40. The van der Waals surface area contributed by atoms with Crippen LogP contribution in [0.2, 0.25) is 0 Å². The molecule has 2 aromatic rings. The lowest BCUT2D eigenvalue weighted by molar-refractivity contribution is 0.0730. The fraction of sp³-hybridized carbons (Fsp3) is 0.450. The molecule has 0 spiro atoms. The molecular formula is C20H25N3O5S2. The summed E-state index contributed by atoms with van der Waals surface area (Å²) in [4.78, 5) is 4.32. The third kappa shape index (κ3) is 4.15. The number of pyridine rings is 1. The normalized spacial score (nSPS) is 22.1. The number of nitrogens with zero attached hydrogens (tertiary/aromatic N) is 3. The van der Waals surface area contributed by atoms with Gasteiger partial charge in [0.1, 0.15) is 0 Å². The van der Waals surface area contributed by atoms with E-state index in [2.05, 4.69) is 4.98 Å². The van der Waals surface area contributed by atoms with Gasteiger partial charge in [0, 0.05) is 32.0 Å². The smallest absolute Gasteiger partial charge is 0.243 e. The first kappa shape index (κ1) is 21.4. The molecule has 0 saturated carbocycles. The fourth-order valence-electron chi connectivity index (χ4n) is 3.95. The molecule has 0 unspecified atom stereocenters. The number of ether oxygens (including phenoxy) is 1. The van der Waals surface area contributed by atoms with E-state index in [4.69, 9.17) is 4.74 Å². The number of hydrogen-bond donors (Lipinski definition) is 0. The second-order valence-corrected chi connectivity index (χ2v) is 11.2. The van der Waals surface area contributed by atoms with Crippen molar-refractivity contribution >= 4 is 20.0 Å². The van der Waals surface area contributed by atoms with E-state index in [-0.39, 0.29) is 15.8 Å². The monoisotopic (exact) mass is 451 g/mol. The molecule has 1 aromatic heterocycles. The molecule has 0 radical (unpaired) electrons. The van der Waals surface area contributed by atoms with Crippen molar-refractivity contribution in [1.29, 1.82) is 0 Å². The molecule has 2 saturated heterocycles. The van der Waals surface area contributed by atoms with Gasteiger partial charge in [0.15, 0.2) is 0 Å². The van der Waals surface area contributed by atoms with Crippen LogP contribution in [-0.4, -0.2) is 63.3 Å². The summed E-state index contributed by atoms with van der Waals surface area (Å²) in [6.45, 7) is 1.73. The van der Waals surface area contributed by atoms with Gasteiger partial charge in [-0.3, -0.25) is 4.98 Å². The summed E-state index contributed by atoms with van der Waals surface area (Å²) in [6, 6.07) is 8.95. The van der Waals surface area contributed by atoms with E-state index in [1.54, 1.807) is 18.5 Å². The van der Waals surface area contributed by atoms with Crippen molar-refractivity contribution in [3.63, 3.8) is 0 Å². The number of benzene rings is 1. The third-order valence-electron chi connectivity index (χ3n) is 5.56. The average molecular weight is 452 g/mol. The number of morpholine rings is 1. The van der Waals surface area contributed by atoms with E-state index in [0.717, 1.165) is 24.8 Å². The van der Waals surface area contributed by atoms with Crippen molar-refractivity contribution in [2.75, 3.05) is 32.8 Å². The van der Waals surface area contributed by atoms with Crippen LogP contribution in [0.15, 0.2) is 58.6 Å². The lowest BCUT2D eigenvalue weighted by Crippen LogP contribution is -2.40. The Morgan fingerprint density at radius 3 is 2.17 bits per heavy atom. The summed E-state index contributed by atoms with van der Waals surface area (Å²) in [5.41, 5.74) is 0.868. The van der Waals surface area contributed by atoms with Crippen molar-refractivity contribution in [1.82, 2.24) is 13.6 Å². The minimum absolute atomic E-state index is 0.0887. The van der Waals surface area contributed by atoms with Crippen LogP contribution in [0.25, 0.3) is 0 Å². The van der Waals surface area contributed by atoms with Gasteiger partial charge in [-0.1, -0.05) is 12.5 Å². The van der Waals surface area contributed by atoms with Crippen molar-refractivity contribution in [2.24, 2.45) is 0 Å². The van der Waals surface area contributed by atoms with E-state index < -0.39 is 20.0 Å².